The van der Waals surface area contributed by atoms with Gasteiger partial charge in [-0.3, -0.25) is 4.79 Å². The number of phenols is 1. The van der Waals surface area contributed by atoms with Crippen molar-refractivity contribution in [3.63, 3.8) is 0 Å². The number of amides is 1. The van der Waals surface area contributed by atoms with Crippen LogP contribution in [0.1, 0.15) is 17.0 Å². The molecule has 1 heterocycles. The van der Waals surface area contributed by atoms with Crippen molar-refractivity contribution >= 4 is 11.6 Å². The van der Waals surface area contributed by atoms with Crippen LogP contribution in [0.4, 0.5) is 5.69 Å². The lowest BCUT2D eigenvalue weighted by molar-refractivity contribution is -0.122. The van der Waals surface area contributed by atoms with Crippen molar-refractivity contribution in [1.29, 1.82) is 0 Å². The molecule has 1 unspecified atom stereocenters. The Labute approximate surface area is 122 Å². The number of para-hydroxylation sites is 1. The summed E-state index contributed by atoms with van der Waals surface area (Å²) in [5.74, 6) is 0.434. The number of ether oxygens (including phenoxy) is 1. The Morgan fingerprint density at radius 1 is 1.33 bits per heavy atom. The van der Waals surface area contributed by atoms with E-state index in [1.165, 1.54) is 6.07 Å². The number of nitrogens with one attached hydrogen (secondary N) is 1. The monoisotopic (exact) mass is 284 g/mol. The van der Waals surface area contributed by atoms with Crippen LogP contribution in [0.2, 0.25) is 0 Å². The number of aromatic hydroxyl groups is 1. The van der Waals surface area contributed by atoms with Gasteiger partial charge in [-0.1, -0.05) is 18.2 Å². The van der Waals surface area contributed by atoms with Crippen LogP contribution in [0, 0.1) is 0 Å². The third-order valence-corrected chi connectivity index (χ3v) is 3.57. The molecule has 0 fully saturated rings. The fourth-order valence-electron chi connectivity index (χ4n) is 2.43. The summed E-state index contributed by atoms with van der Waals surface area (Å²) < 4.78 is 5.50. The molecule has 0 aromatic heterocycles. The maximum atomic E-state index is 12.3. The van der Waals surface area contributed by atoms with Crippen LogP contribution in [-0.2, 0) is 11.3 Å². The molecule has 5 nitrogen and oxygen atoms in total. The van der Waals surface area contributed by atoms with Crippen molar-refractivity contribution in [2.24, 2.45) is 0 Å². The van der Waals surface area contributed by atoms with Crippen LogP contribution < -0.4 is 15.8 Å². The Bertz CT molecular complexity index is 685. The Morgan fingerprint density at radius 3 is 3.00 bits per heavy atom. The van der Waals surface area contributed by atoms with Gasteiger partial charge in [0.2, 0.25) is 5.91 Å². The third kappa shape index (κ3) is 2.63. The number of phenolic OH excluding ortho intramolecular Hbond substituents is 1. The first kappa shape index (κ1) is 13.3. The molecule has 2 aromatic rings. The zero-order valence-corrected chi connectivity index (χ0v) is 11.4. The van der Waals surface area contributed by atoms with Crippen LogP contribution in [0.15, 0.2) is 42.5 Å². The third-order valence-electron chi connectivity index (χ3n) is 3.57. The van der Waals surface area contributed by atoms with Gasteiger partial charge in [-0.2, -0.15) is 0 Å². The van der Waals surface area contributed by atoms with Gasteiger partial charge in [0.05, 0.1) is 0 Å². The van der Waals surface area contributed by atoms with E-state index in [9.17, 15) is 9.90 Å². The molecule has 108 valence electrons. The molecule has 0 aliphatic carbocycles. The highest BCUT2D eigenvalue weighted by Gasteiger charge is 2.29. The van der Waals surface area contributed by atoms with Crippen molar-refractivity contribution in [2.75, 3.05) is 12.3 Å². The lowest BCUT2D eigenvalue weighted by atomic mass is 10.0. The second kappa shape index (κ2) is 5.36. The summed E-state index contributed by atoms with van der Waals surface area (Å²) in [6, 6.07) is 12.3. The Hall–Kier alpha value is -2.69. The van der Waals surface area contributed by atoms with Crippen molar-refractivity contribution in [3.05, 3.63) is 53.6 Å². The minimum absolute atomic E-state index is 0.118. The fraction of sp³-hybridized carbons (Fsp3) is 0.188. The van der Waals surface area contributed by atoms with E-state index in [-0.39, 0.29) is 24.1 Å². The van der Waals surface area contributed by atoms with E-state index < -0.39 is 0 Å². The molecule has 2 aromatic carbocycles. The van der Waals surface area contributed by atoms with Gasteiger partial charge in [-0.05, 0) is 24.3 Å². The van der Waals surface area contributed by atoms with Gasteiger partial charge in [0.15, 0.2) is 0 Å². The first-order chi connectivity index (χ1) is 10.1. The topological polar surface area (TPSA) is 84.6 Å². The smallest absolute Gasteiger partial charge is 0.231 e. The second-order valence-corrected chi connectivity index (χ2v) is 5.01. The number of rotatable bonds is 3. The minimum Gasteiger partial charge on any atom is -0.508 e. The van der Waals surface area contributed by atoms with Crippen LogP contribution in [0.25, 0.3) is 0 Å². The summed E-state index contributed by atoms with van der Waals surface area (Å²) in [6.07, 6.45) is 0. The molecule has 1 atom stereocenters. The van der Waals surface area contributed by atoms with E-state index in [0.29, 0.717) is 17.9 Å². The molecule has 1 amide bonds. The average Bonchev–Trinajstić information content (AvgIpc) is 2.92. The van der Waals surface area contributed by atoms with Gasteiger partial charge in [0, 0.05) is 23.4 Å². The van der Waals surface area contributed by atoms with Crippen molar-refractivity contribution < 1.29 is 14.6 Å². The molecule has 1 aliphatic heterocycles. The standard InChI is InChI=1S/C16H16N2O3/c17-11-5-6-14(19)10(7-11)8-18-16(20)13-9-21-15-4-2-1-3-12(13)15/h1-7,13,19H,8-9,17H2,(H,18,20). The van der Waals surface area contributed by atoms with Gasteiger partial charge in [-0.25, -0.2) is 0 Å². The molecule has 0 spiro atoms. The van der Waals surface area contributed by atoms with Gasteiger partial charge in [0.25, 0.3) is 0 Å². The van der Waals surface area contributed by atoms with Gasteiger partial charge in [-0.15, -0.1) is 0 Å². The van der Waals surface area contributed by atoms with E-state index in [0.717, 1.165) is 11.3 Å². The normalized spacial score (nSPS) is 16.1. The number of fused-ring (bicyclic) bond motifs is 1. The maximum Gasteiger partial charge on any atom is 0.231 e. The largest absolute Gasteiger partial charge is 0.508 e. The molecule has 3 rings (SSSR count). The minimum atomic E-state index is -0.315. The Balaban J connectivity index is 1.69. The van der Waals surface area contributed by atoms with Crippen LogP contribution in [0.5, 0.6) is 11.5 Å². The van der Waals surface area contributed by atoms with Crippen molar-refractivity contribution in [2.45, 2.75) is 12.5 Å². The summed E-state index contributed by atoms with van der Waals surface area (Å²) in [7, 11) is 0. The molecule has 1 aliphatic rings. The van der Waals surface area contributed by atoms with E-state index in [4.69, 9.17) is 10.5 Å². The number of carbonyl (C=O) groups is 1. The second-order valence-electron chi connectivity index (χ2n) is 5.01. The number of carbonyl (C=O) groups excluding carboxylic acids is 1. The number of nitrogens with two attached hydrogens (primary N) is 1. The average molecular weight is 284 g/mol. The summed E-state index contributed by atoms with van der Waals surface area (Å²) in [4.78, 5) is 12.3. The molecule has 0 saturated heterocycles. The van der Waals surface area contributed by atoms with Gasteiger partial charge >= 0.3 is 0 Å². The quantitative estimate of drug-likeness (QED) is 0.592. The number of nitrogen functional groups attached to an aromatic ring is 1. The highest BCUT2D eigenvalue weighted by atomic mass is 16.5. The van der Waals surface area contributed by atoms with Gasteiger partial charge < -0.3 is 20.9 Å². The number of benzene rings is 2. The predicted molar refractivity (Wildman–Crippen MR) is 79.0 cm³/mol. The number of anilines is 1. The molecular weight excluding hydrogens is 268 g/mol. The zero-order chi connectivity index (χ0) is 14.8. The predicted octanol–water partition coefficient (Wildman–Crippen LogP) is 1.77. The zero-order valence-electron chi connectivity index (χ0n) is 11.4. The van der Waals surface area contributed by atoms with Crippen LogP contribution >= 0.6 is 0 Å². The van der Waals surface area contributed by atoms with Crippen molar-refractivity contribution in [1.82, 2.24) is 5.32 Å². The summed E-state index contributed by atoms with van der Waals surface area (Å²) in [5.41, 5.74) is 7.71. The van der Waals surface area contributed by atoms with E-state index in [1.54, 1.807) is 12.1 Å². The fourth-order valence-corrected chi connectivity index (χ4v) is 2.43. The lowest BCUT2D eigenvalue weighted by Gasteiger charge is -2.11. The molecule has 0 saturated carbocycles. The molecule has 21 heavy (non-hydrogen) atoms. The molecular formula is C16H16N2O3. The van der Waals surface area contributed by atoms with Gasteiger partial charge in [0.1, 0.15) is 24.0 Å². The highest BCUT2D eigenvalue weighted by molar-refractivity contribution is 5.85. The van der Waals surface area contributed by atoms with E-state index in [1.807, 2.05) is 24.3 Å². The first-order valence-corrected chi connectivity index (χ1v) is 6.72. The first-order valence-electron chi connectivity index (χ1n) is 6.72. The molecule has 4 N–H and O–H groups in total. The summed E-state index contributed by atoms with van der Waals surface area (Å²) in [6.45, 7) is 0.572. The van der Waals surface area contributed by atoms with Crippen LogP contribution in [-0.4, -0.2) is 17.6 Å². The summed E-state index contributed by atoms with van der Waals surface area (Å²) in [5, 5.41) is 12.6. The number of hydrogen-bond donors (Lipinski definition) is 3. The van der Waals surface area contributed by atoms with Crippen LogP contribution in [0.3, 0.4) is 0 Å². The number of hydrogen-bond acceptors (Lipinski definition) is 4. The summed E-state index contributed by atoms with van der Waals surface area (Å²) >= 11 is 0. The Morgan fingerprint density at radius 2 is 2.14 bits per heavy atom. The molecule has 0 bridgehead atoms. The highest BCUT2D eigenvalue weighted by Crippen LogP contribution is 2.33. The lowest BCUT2D eigenvalue weighted by Crippen LogP contribution is -2.29. The van der Waals surface area contributed by atoms with E-state index in [2.05, 4.69) is 5.32 Å². The Kier molecular flexibility index (Phi) is 3.39. The van der Waals surface area contributed by atoms with E-state index >= 15 is 0 Å². The maximum absolute atomic E-state index is 12.3. The van der Waals surface area contributed by atoms with Crippen molar-refractivity contribution in [3.8, 4) is 11.5 Å². The molecule has 0 radical (unpaired) electrons. The molecule has 5 heteroatoms. The SMILES string of the molecule is Nc1ccc(O)c(CNC(=O)C2COc3ccccc32)c1.